The summed E-state index contributed by atoms with van der Waals surface area (Å²) in [5.74, 6) is -0.198. The molecular formula is C10H20N2O2. The highest BCUT2D eigenvalue weighted by Crippen LogP contribution is 2.14. The Kier molecular flexibility index (Phi) is 3.89. The lowest BCUT2D eigenvalue weighted by Gasteiger charge is -2.24. The molecule has 1 rings (SSSR count). The van der Waals surface area contributed by atoms with Crippen molar-refractivity contribution in [2.75, 3.05) is 13.1 Å². The van der Waals surface area contributed by atoms with Gasteiger partial charge in [0, 0.05) is 6.04 Å². The summed E-state index contributed by atoms with van der Waals surface area (Å²) in [6.07, 6.45) is 2.02. The molecule has 0 atom stereocenters. The van der Waals surface area contributed by atoms with E-state index in [0.717, 1.165) is 25.9 Å². The van der Waals surface area contributed by atoms with Crippen LogP contribution in [-0.4, -0.2) is 25.1 Å². The maximum absolute atomic E-state index is 11.4. The van der Waals surface area contributed by atoms with E-state index in [2.05, 4.69) is 10.8 Å². The van der Waals surface area contributed by atoms with Crippen LogP contribution < -0.4 is 10.8 Å². The first-order chi connectivity index (χ1) is 6.50. The minimum Gasteiger partial charge on any atom is -0.370 e. The van der Waals surface area contributed by atoms with Gasteiger partial charge in [-0.05, 0) is 46.7 Å². The summed E-state index contributed by atoms with van der Waals surface area (Å²) in [6.45, 7) is 7.52. The molecule has 0 aromatic heterocycles. The van der Waals surface area contributed by atoms with Gasteiger partial charge >= 0.3 is 5.97 Å². The molecule has 4 heteroatoms. The van der Waals surface area contributed by atoms with Gasteiger partial charge in [-0.1, -0.05) is 0 Å². The van der Waals surface area contributed by atoms with Crippen LogP contribution in [0.25, 0.3) is 0 Å². The van der Waals surface area contributed by atoms with E-state index in [-0.39, 0.29) is 5.97 Å². The Labute approximate surface area is 85.3 Å². The van der Waals surface area contributed by atoms with Crippen molar-refractivity contribution in [1.29, 1.82) is 0 Å². The van der Waals surface area contributed by atoms with Crippen LogP contribution in [0.15, 0.2) is 0 Å². The second-order valence-electron chi connectivity index (χ2n) is 4.78. The summed E-state index contributed by atoms with van der Waals surface area (Å²) in [5.41, 5.74) is 2.41. The molecule has 0 unspecified atom stereocenters. The van der Waals surface area contributed by atoms with Crippen molar-refractivity contribution in [1.82, 2.24) is 10.8 Å². The molecule has 0 aromatic carbocycles. The SMILES string of the molecule is CC(C)(C)C(=O)ONC1CCNCC1. The molecule has 1 fully saturated rings. The summed E-state index contributed by atoms with van der Waals surface area (Å²) in [5, 5.41) is 3.25. The fourth-order valence-electron chi connectivity index (χ4n) is 1.23. The van der Waals surface area contributed by atoms with Gasteiger partial charge in [0.25, 0.3) is 0 Å². The van der Waals surface area contributed by atoms with Gasteiger partial charge in [-0.25, -0.2) is 4.79 Å². The van der Waals surface area contributed by atoms with Crippen molar-refractivity contribution in [2.45, 2.75) is 39.7 Å². The van der Waals surface area contributed by atoms with E-state index in [1.54, 1.807) is 0 Å². The third-order valence-corrected chi connectivity index (χ3v) is 2.27. The number of piperidine rings is 1. The van der Waals surface area contributed by atoms with Crippen LogP contribution in [0.3, 0.4) is 0 Å². The Bertz CT molecular complexity index is 193. The summed E-state index contributed by atoms with van der Waals surface area (Å²) in [6, 6.07) is 0.308. The third kappa shape index (κ3) is 3.64. The van der Waals surface area contributed by atoms with Crippen molar-refractivity contribution < 1.29 is 9.63 Å². The first-order valence-electron chi connectivity index (χ1n) is 5.17. The van der Waals surface area contributed by atoms with Gasteiger partial charge in [0.05, 0.1) is 5.41 Å². The highest BCUT2D eigenvalue weighted by atomic mass is 16.7. The van der Waals surface area contributed by atoms with Gasteiger partial charge in [-0.3, -0.25) is 0 Å². The number of carbonyl (C=O) groups excluding carboxylic acids is 1. The minimum atomic E-state index is -0.431. The zero-order chi connectivity index (χ0) is 10.6. The molecule has 2 N–H and O–H groups in total. The second-order valence-corrected chi connectivity index (χ2v) is 4.78. The predicted molar refractivity (Wildman–Crippen MR) is 54.6 cm³/mol. The van der Waals surface area contributed by atoms with Gasteiger partial charge in [-0.2, -0.15) is 0 Å². The lowest BCUT2D eigenvalue weighted by atomic mass is 9.98. The fourth-order valence-corrected chi connectivity index (χ4v) is 1.23. The minimum absolute atomic E-state index is 0.198. The van der Waals surface area contributed by atoms with Crippen LogP contribution in [0.2, 0.25) is 0 Å². The van der Waals surface area contributed by atoms with Crippen LogP contribution in [0.5, 0.6) is 0 Å². The van der Waals surface area contributed by atoms with Crippen molar-refractivity contribution in [2.24, 2.45) is 5.41 Å². The van der Waals surface area contributed by atoms with Gasteiger partial charge in [0.15, 0.2) is 0 Å². The zero-order valence-corrected chi connectivity index (χ0v) is 9.22. The third-order valence-electron chi connectivity index (χ3n) is 2.27. The van der Waals surface area contributed by atoms with Gasteiger partial charge in [0.1, 0.15) is 0 Å². The molecule has 0 saturated carbocycles. The molecular weight excluding hydrogens is 180 g/mol. The van der Waals surface area contributed by atoms with Gasteiger partial charge in [0.2, 0.25) is 0 Å². The van der Waals surface area contributed by atoms with E-state index in [0.29, 0.717) is 6.04 Å². The zero-order valence-electron chi connectivity index (χ0n) is 9.22. The molecule has 0 bridgehead atoms. The van der Waals surface area contributed by atoms with E-state index >= 15 is 0 Å². The monoisotopic (exact) mass is 200 g/mol. The molecule has 0 spiro atoms. The average molecular weight is 200 g/mol. The Balaban J connectivity index is 2.22. The number of hydrogen-bond donors (Lipinski definition) is 2. The molecule has 14 heavy (non-hydrogen) atoms. The summed E-state index contributed by atoms with van der Waals surface area (Å²) in [4.78, 5) is 16.4. The van der Waals surface area contributed by atoms with Gasteiger partial charge in [-0.15, -0.1) is 5.48 Å². The van der Waals surface area contributed by atoms with E-state index in [9.17, 15) is 4.79 Å². The molecule has 82 valence electrons. The molecule has 0 aromatic rings. The first-order valence-corrected chi connectivity index (χ1v) is 5.17. The number of rotatable bonds is 2. The Morgan fingerprint density at radius 1 is 1.36 bits per heavy atom. The Hall–Kier alpha value is -0.610. The number of carbonyl (C=O) groups is 1. The predicted octanol–water partition coefficient (Wildman–Crippen LogP) is 0.832. The van der Waals surface area contributed by atoms with Gasteiger partial charge < -0.3 is 10.2 Å². The summed E-state index contributed by atoms with van der Waals surface area (Å²) >= 11 is 0. The molecule has 0 amide bonds. The molecule has 1 heterocycles. The Morgan fingerprint density at radius 2 is 1.93 bits per heavy atom. The average Bonchev–Trinajstić information content (AvgIpc) is 2.14. The van der Waals surface area contributed by atoms with Crippen molar-refractivity contribution >= 4 is 5.97 Å². The summed E-state index contributed by atoms with van der Waals surface area (Å²) in [7, 11) is 0. The normalized spacial score (nSPS) is 19.4. The highest BCUT2D eigenvalue weighted by molar-refractivity contribution is 5.75. The van der Waals surface area contributed by atoms with Crippen molar-refractivity contribution in [3.8, 4) is 0 Å². The van der Waals surface area contributed by atoms with Crippen LogP contribution in [-0.2, 0) is 9.63 Å². The fraction of sp³-hybridized carbons (Fsp3) is 0.900. The smallest absolute Gasteiger partial charge is 0.329 e. The highest BCUT2D eigenvalue weighted by Gasteiger charge is 2.24. The molecule has 1 aliphatic heterocycles. The van der Waals surface area contributed by atoms with E-state index in [1.165, 1.54) is 0 Å². The summed E-state index contributed by atoms with van der Waals surface area (Å²) < 4.78 is 0. The lowest BCUT2D eigenvalue weighted by molar-refractivity contribution is -0.163. The van der Waals surface area contributed by atoms with E-state index in [4.69, 9.17) is 4.84 Å². The van der Waals surface area contributed by atoms with Crippen molar-refractivity contribution in [3.05, 3.63) is 0 Å². The van der Waals surface area contributed by atoms with Crippen LogP contribution >= 0.6 is 0 Å². The number of hydrogen-bond acceptors (Lipinski definition) is 4. The quantitative estimate of drug-likeness (QED) is 0.648. The molecule has 4 nitrogen and oxygen atoms in total. The van der Waals surface area contributed by atoms with Crippen LogP contribution in [0, 0.1) is 5.41 Å². The Morgan fingerprint density at radius 3 is 2.43 bits per heavy atom. The molecule has 0 aliphatic carbocycles. The standard InChI is InChI=1S/C10H20N2O2/c1-10(2,3)9(13)14-12-8-4-6-11-7-5-8/h8,11-12H,4-7H2,1-3H3. The second kappa shape index (κ2) is 4.75. The number of hydroxylamine groups is 1. The van der Waals surface area contributed by atoms with E-state index < -0.39 is 5.41 Å². The molecule has 1 saturated heterocycles. The lowest BCUT2D eigenvalue weighted by Crippen LogP contribution is -2.42. The maximum atomic E-state index is 11.4. The molecule has 0 radical (unpaired) electrons. The maximum Gasteiger partial charge on any atom is 0.329 e. The first kappa shape index (κ1) is 11.5. The van der Waals surface area contributed by atoms with E-state index in [1.807, 2.05) is 20.8 Å². The molecule has 1 aliphatic rings. The van der Waals surface area contributed by atoms with Crippen molar-refractivity contribution in [3.63, 3.8) is 0 Å². The van der Waals surface area contributed by atoms with Crippen LogP contribution in [0.1, 0.15) is 33.6 Å². The largest absolute Gasteiger partial charge is 0.370 e. The van der Waals surface area contributed by atoms with Crippen LogP contribution in [0.4, 0.5) is 0 Å². The topological polar surface area (TPSA) is 50.4 Å². The number of nitrogens with one attached hydrogen (secondary N) is 2.